The van der Waals surface area contributed by atoms with Crippen LogP contribution >= 0.6 is 11.6 Å². The summed E-state index contributed by atoms with van der Waals surface area (Å²) >= 11 is 5.99. The maximum Gasteiger partial charge on any atom is 0.256 e. The zero-order valence-corrected chi connectivity index (χ0v) is 13.9. The number of fused-ring (bicyclic) bond motifs is 1. The maximum atomic E-state index is 12.6. The van der Waals surface area contributed by atoms with Crippen molar-refractivity contribution in [2.75, 3.05) is 5.32 Å². The molecule has 0 aliphatic carbocycles. The van der Waals surface area contributed by atoms with Gasteiger partial charge in [-0.05, 0) is 36.4 Å². The van der Waals surface area contributed by atoms with Crippen LogP contribution in [-0.4, -0.2) is 15.3 Å². The lowest BCUT2D eigenvalue weighted by Crippen LogP contribution is -2.13. The molecule has 0 saturated carbocycles. The second-order valence-electron chi connectivity index (χ2n) is 5.56. The highest BCUT2D eigenvalue weighted by molar-refractivity contribution is 6.30. The molecule has 0 radical (unpaired) electrons. The standard InChI is InChI=1S/C20H14ClN3O/c21-16-11-9-14(10-12-16)18-19(24-13-5-4-8-17(24)22-18)23-20(25)15-6-2-1-3-7-15/h1-13H,(H,23,25). The number of benzene rings is 2. The molecule has 1 N–H and O–H groups in total. The van der Waals surface area contributed by atoms with Gasteiger partial charge in [-0.15, -0.1) is 0 Å². The number of anilines is 1. The van der Waals surface area contributed by atoms with Crippen molar-refractivity contribution in [3.05, 3.63) is 89.6 Å². The third-order valence-electron chi connectivity index (χ3n) is 3.92. The van der Waals surface area contributed by atoms with Gasteiger partial charge in [0.2, 0.25) is 0 Å². The molecular weight excluding hydrogens is 334 g/mol. The number of amides is 1. The smallest absolute Gasteiger partial charge is 0.256 e. The fraction of sp³-hybridized carbons (Fsp3) is 0. The van der Waals surface area contributed by atoms with Crippen molar-refractivity contribution in [1.82, 2.24) is 9.38 Å². The van der Waals surface area contributed by atoms with Crippen molar-refractivity contribution in [2.45, 2.75) is 0 Å². The van der Waals surface area contributed by atoms with Gasteiger partial charge < -0.3 is 5.32 Å². The minimum atomic E-state index is -0.179. The van der Waals surface area contributed by atoms with E-state index in [1.54, 1.807) is 12.1 Å². The Hall–Kier alpha value is -3.11. The monoisotopic (exact) mass is 347 g/mol. The molecule has 0 bridgehead atoms. The lowest BCUT2D eigenvalue weighted by molar-refractivity contribution is 0.102. The normalized spacial score (nSPS) is 10.8. The van der Waals surface area contributed by atoms with Crippen molar-refractivity contribution in [2.24, 2.45) is 0 Å². The predicted molar refractivity (Wildman–Crippen MR) is 100 cm³/mol. The summed E-state index contributed by atoms with van der Waals surface area (Å²) < 4.78 is 1.87. The molecule has 4 rings (SSSR count). The van der Waals surface area contributed by atoms with Gasteiger partial charge in [0, 0.05) is 22.3 Å². The van der Waals surface area contributed by atoms with E-state index in [9.17, 15) is 4.79 Å². The average Bonchev–Trinajstić information content (AvgIpc) is 3.02. The number of hydrogen-bond donors (Lipinski definition) is 1. The van der Waals surface area contributed by atoms with Crippen LogP contribution in [-0.2, 0) is 0 Å². The van der Waals surface area contributed by atoms with Crippen LogP contribution < -0.4 is 5.32 Å². The largest absolute Gasteiger partial charge is 0.306 e. The first kappa shape index (κ1) is 15.4. The zero-order valence-electron chi connectivity index (χ0n) is 13.2. The Balaban J connectivity index is 1.82. The number of rotatable bonds is 3. The lowest BCUT2D eigenvalue weighted by Gasteiger charge is -2.08. The van der Waals surface area contributed by atoms with Gasteiger partial charge in [0.05, 0.1) is 0 Å². The highest BCUT2D eigenvalue weighted by atomic mass is 35.5. The minimum absolute atomic E-state index is 0.179. The molecule has 2 aromatic carbocycles. The molecular formula is C20H14ClN3O. The zero-order chi connectivity index (χ0) is 17.2. The van der Waals surface area contributed by atoms with Crippen LogP contribution in [0.5, 0.6) is 0 Å². The summed E-state index contributed by atoms with van der Waals surface area (Å²) in [5.74, 6) is 0.452. The van der Waals surface area contributed by atoms with E-state index in [-0.39, 0.29) is 5.91 Å². The topological polar surface area (TPSA) is 46.4 Å². The molecule has 0 fully saturated rings. The number of carbonyl (C=O) groups excluding carboxylic acids is 1. The number of carbonyl (C=O) groups is 1. The second-order valence-corrected chi connectivity index (χ2v) is 6.00. The Morgan fingerprint density at radius 2 is 1.64 bits per heavy atom. The molecule has 0 saturated heterocycles. The molecule has 25 heavy (non-hydrogen) atoms. The van der Waals surface area contributed by atoms with Gasteiger partial charge in [-0.3, -0.25) is 9.20 Å². The maximum absolute atomic E-state index is 12.6. The van der Waals surface area contributed by atoms with Gasteiger partial charge >= 0.3 is 0 Å². The van der Waals surface area contributed by atoms with Crippen LogP contribution in [0.1, 0.15) is 10.4 Å². The van der Waals surface area contributed by atoms with Crippen LogP contribution in [0.2, 0.25) is 5.02 Å². The van der Waals surface area contributed by atoms with Gasteiger partial charge in [0.25, 0.3) is 5.91 Å². The fourth-order valence-electron chi connectivity index (χ4n) is 2.69. The molecule has 0 spiro atoms. The van der Waals surface area contributed by atoms with Crippen molar-refractivity contribution >= 4 is 29.0 Å². The van der Waals surface area contributed by atoms with E-state index in [4.69, 9.17) is 11.6 Å². The lowest BCUT2D eigenvalue weighted by atomic mass is 10.1. The van der Waals surface area contributed by atoms with E-state index in [1.807, 2.05) is 71.3 Å². The van der Waals surface area contributed by atoms with Crippen LogP contribution in [0, 0.1) is 0 Å². The van der Waals surface area contributed by atoms with Crippen molar-refractivity contribution < 1.29 is 4.79 Å². The Bertz CT molecular complexity index is 1040. The summed E-state index contributed by atoms with van der Waals surface area (Å²) in [5, 5.41) is 3.65. The Morgan fingerprint density at radius 3 is 2.40 bits per heavy atom. The van der Waals surface area contributed by atoms with Crippen LogP contribution in [0.15, 0.2) is 79.0 Å². The molecule has 4 nitrogen and oxygen atoms in total. The first-order valence-corrected chi connectivity index (χ1v) is 8.19. The van der Waals surface area contributed by atoms with Crippen molar-refractivity contribution in [3.63, 3.8) is 0 Å². The molecule has 2 heterocycles. The molecule has 0 atom stereocenters. The molecule has 4 aromatic rings. The van der Waals surface area contributed by atoms with Crippen LogP contribution in [0.25, 0.3) is 16.9 Å². The van der Waals surface area contributed by atoms with E-state index in [0.717, 1.165) is 11.2 Å². The fourth-order valence-corrected chi connectivity index (χ4v) is 2.82. The highest BCUT2D eigenvalue weighted by Crippen LogP contribution is 2.30. The summed E-state index contributed by atoms with van der Waals surface area (Å²) in [5.41, 5.74) is 2.94. The van der Waals surface area contributed by atoms with Crippen molar-refractivity contribution in [3.8, 4) is 11.3 Å². The van der Waals surface area contributed by atoms with Gasteiger partial charge in [-0.1, -0.05) is 48.0 Å². The van der Waals surface area contributed by atoms with Gasteiger partial charge in [-0.25, -0.2) is 4.98 Å². The third kappa shape index (κ3) is 2.99. The van der Waals surface area contributed by atoms with E-state index in [2.05, 4.69) is 10.3 Å². The van der Waals surface area contributed by atoms with Gasteiger partial charge in [-0.2, -0.15) is 0 Å². The number of aromatic nitrogens is 2. The van der Waals surface area contributed by atoms with Crippen molar-refractivity contribution in [1.29, 1.82) is 0 Å². The van der Waals surface area contributed by atoms with Crippen LogP contribution in [0.3, 0.4) is 0 Å². The quantitative estimate of drug-likeness (QED) is 0.572. The second kappa shape index (κ2) is 6.42. The number of nitrogens with one attached hydrogen (secondary N) is 1. The number of pyridine rings is 1. The third-order valence-corrected chi connectivity index (χ3v) is 4.17. The average molecular weight is 348 g/mol. The molecule has 1 amide bonds. The Morgan fingerprint density at radius 1 is 0.920 bits per heavy atom. The molecule has 122 valence electrons. The summed E-state index contributed by atoms with van der Waals surface area (Å²) in [6.07, 6.45) is 1.88. The molecule has 0 aliphatic rings. The van der Waals surface area contributed by atoms with Gasteiger partial charge in [0.15, 0.2) is 0 Å². The minimum Gasteiger partial charge on any atom is -0.306 e. The first-order chi connectivity index (χ1) is 12.2. The number of halogens is 1. The molecule has 2 aromatic heterocycles. The molecule has 0 aliphatic heterocycles. The van der Waals surface area contributed by atoms with E-state index >= 15 is 0 Å². The Labute approximate surface area is 149 Å². The van der Waals surface area contributed by atoms with E-state index in [0.29, 0.717) is 22.1 Å². The molecule has 5 heteroatoms. The van der Waals surface area contributed by atoms with Crippen LogP contribution in [0.4, 0.5) is 5.82 Å². The number of nitrogens with zero attached hydrogens (tertiary/aromatic N) is 2. The SMILES string of the molecule is O=C(Nc1c(-c2ccc(Cl)cc2)nc2ccccn12)c1ccccc1. The summed E-state index contributed by atoms with van der Waals surface area (Å²) in [7, 11) is 0. The predicted octanol–water partition coefficient (Wildman–Crippen LogP) is 4.91. The van der Waals surface area contributed by atoms with E-state index in [1.165, 1.54) is 0 Å². The first-order valence-electron chi connectivity index (χ1n) is 7.82. The van der Waals surface area contributed by atoms with Gasteiger partial charge in [0.1, 0.15) is 17.2 Å². The highest BCUT2D eigenvalue weighted by Gasteiger charge is 2.17. The number of hydrogen-bond acceptors (Lipinski definition) is 2. The summed E-state index contributed by atoms with van der Waals surface area (Å²) in [6, 6.07) is 22.2. The Kier molecular flexibility index (Phi) is 3.96. The summed E-state index contributed by atoms with van der Waals surface area (Å²) in [6.45, 7) is 0. The number of imidazole rings is 1. The summed E-state index contributed by atoms with van der Waals surface area (Å²) in [4.78, 5) is 17.3. The van der Waals surface area contributed by atoms with E-state index < -0.39 is 0 Å². The molecule has 0 unspecified atom stereocenters.